The minimum atomic E-state index is -1.30. The zero-order chi connectivity index (χ0) is 18.0. The van der Waals surface area contributed by atoms with Crippen LogP contribution in [0.25, 0.3) is 6.08 Å². The molecule has 1 amide bonds. The van der Waals surface area contributed by atoms with Crippen molar-refractivity contribution in [3.05, 3.63) is 59.1 Å². The van der Waals surface area contributed by atoms with Gasteiger partial charge in [-0.25, -0.2) is 0 Å². The highest BCUT2D eigenvalue weighted by atomic mass is 16.4. The van der Waals surface area contributed by atoms with Crippen LogP contribution in [0.4, 0.5) is 5.69 Å². The van der Waals surface area contributed by atoms with Crippen molar-refractivity contribution >= 4 is 23.6 Å². The van der Waals surface area contributed by atoms with Crippen LogP contribution in [-0.4, -0.2) is 11.9 Å². The molecule has 1 aromatic carbocycles. The molecule has 2 atom stereocenters. The van der Waals surface area contributed by atoms with Gasteiger partial charge in [0.05, 0.1) is 5.97 Å². The molecule has 3 rings (SSSR count). The van der Waals surface area contributed by atoms with E-state index in [9.17, 15) is 20.0 Å². The van der Waals surface area contributed by atoms with Crippen LogP contribution in [0.1, 0.15) is 41.1 Å². The van der Waals surface area contributed by atoms with Gasteiger partial charge in [0, 0.05) is 17.7 Å². The molecule has 1 saturated carbocycles. The first-order valence-electron chi connectivity index (χ1n) is 7.82. The van der Waals surface area contributed by atoms with Crippen LogP contribution in [0.15, 0.2) is 46.4 Å². The molecule has 1 aliphatic rings. The lowest BCUT2D eigenvalue weighted by molar-refractivity contribution is -0.255. The zero-order valence-corrected chi connectivity index (χ0v) is 13.5. The minimum absolute atomic E-state index is 0.00599. The van der Waals surface area contributed by atoms with Gasteiger partial charge in [-0.3, -0.25) is 4.79 Å². The van der Waals surface area contributed by atoms with Crippen molar-refractivity contribution in [3.63, 3.8) is 0 Å². The maximum atomic E-state index is 12.2. The van der Waals surface area contributed by atoms with Gasteiger partial charge in [0.15, 0.2) is 0 Å². The molecule has 0 unspecified atom stereocenters. The Morgan fingerprint density at radius 1 is 1.28 bits per heavy atom. The SMILES string of the molecule is C[C@H]1C[C@@H]1c1ccc(/C=C(\C#N)C(=O)Nc2ccc(C(=O)[O-])cc2)o1. The Kier molecular flexibility index (Phi) is 4.40. The van der Waals surface area contributed by atoms with Crippen LogP contribution in [-0.2, 0) is 4.79 Å². The summed E-state index contributed by atoms with van der Waals surface area (Å²) in [5.74, 6) is 0.451. The van der Waals surface area contributed by atoms with Crippen LogP contribution in [0.3, 0.4) is 0 Å². The molecule has 6 heteroatoms. The molecule has 2 aromatic rings. The van der Waals surface area contributed by atoms with E-state index in [2.05, 4.69) is 12.2 Å². The zero-order valence-electron chi connectivity index (χ0n) is 13.5. The molecule has 0 bridgehead atoms. The molecular weight excluding hydrogens is 320 g/mol. The second-order valence-electron chi connectivity index (χ2n) is 6.05. The van der Waals surface area contributed by atoms with E-state index in [1.807, 2.05) is 12.1 Å². The van der Waals surface area contributed by atoms with Crippen LogP contribution in [0.5, 0.6) is 0 Å². The number of carboxylic acids is 1. The third-order valence-corrected chi connectivity index (χ3v) is 4.15. The lowest BCUT2D eigenvalue weighted by Gasteiger charge is -2.06. The lowest BCUT2D eigenvalue weighted by atomic mass is 10.2. The number of nitrogens with one attached hydrogen (secondary N) is 1. The van der Waals surface area contributed by atoms with Crippen LogP contribution < -0.4 is 10.4 Å². The standard InChI is InChI=1S/C19H16N2O4/c1-11-8-16(11)17-7-6-15(25-17)9-13(10-20)18(22)21-14-4-2-12(3-5-14)19(23)24/h2-7,9,11,16H,8H2,1H3,(H,21,22)(H,23,24)/p-1/b13-9+/t11-,16-/m0/s1. The van der Waals surface area contributed by atoms with E-state index in [-0.39, 0.29) is 11.1 Å². The summed E-state index contributed by atoms with van der Waals surface area (Å²) in [6.45, 7) is 2.14. The molecule has 0 aliphatic heterocycles. The second-order valence-corrected chi connectivity index (χ2v) is 6.05. The van der Waals surface area contributed by atoms with Gasteiger partial charge in [-0.15, -0.1) is 0 Å². The van der Waals surface area contributed by atoms with E-state index >= 15 is 0 Å². The number of hydrogen-bond acceptors (Lipinski definition) is 5. The molecule has 0 radical (unpaired) electrons. The van der Waals surface area contributed by atoms with Crippen molar-refractivity contribution in [2.45, 2.75) is 19.3 Å². The largest absolute Gasteiger partial charge is 0.545 e. The summed E-state index contributed by atoms with van der Waals surface area (Å²) >= 11 is 0. The Hall–Kier alpha value is -3.33. The van der Waals surface area contributed by atoms with Gasteiger partial charge in [0.25, 0.3) is 5.91 Å². The van der Waals surface area contributed by atoms with Gasteiger partial charge in [0.2, 0.25) is 0 Å². The topological polar surface area (TPSA) is 106 Å². The van der Waals surface area contributed by atoms with E-state index in [1.165, 1.54) is 30.3 Å². The first-order chi connectivity index (χ1) is 12.0. The summed E-state index contributed by atoms with van der Waals surface area (Å²) in [4.78, 5) is 22.9. The van der Waals surface area contributed by atoms with E-state index in [0.717, 1.165) is 12.2 Å². The van der Waals surface area contributed by atoms with Crippen molar-refractivity contribution in [3.8, 4) is 6.07 Å². The fraction of sp³-hybridized carbons (Fsp3) is 0.211. The molecule has 0 spiro atoms. The fourth-order valence-corrected chi connectivity index (χ4v) is 2.54. The molecule has 0 saturated heterocycles. The van der Waals surface area contributed by atoms with E-state index < -0.39 is 11.9 Å². The average Bonchev–Trinajstić information content (AvgIpc) is 3.14. The number of nitriles is 1. The highest BCUT2D eigenvalue weighted by molar-refractivity contribution is 6.09. The molecule has 1 fully saturated rings. The number of nitrogens with zero attached hydrogens (tertiary/aromatic N) is 1. The number of carboxylic acid groups (broad SMARTS) is 1. The van der Waals surface area contributed by atoms with Gasteiger partial charge < -0.3 is 19.6 Å². The molecule has 1 aliphatic carbocycles. The summed E-state index contributed by atoms with van der Waals surface area (Å²) in [6, 6.07) is 10.9. The summed E-state index contributed by atoms with van der Waals surface area (Å²) in [7, 11) is 0. The second kappa shape index (κ2) is 6.65. The summed E-state index contributed by atoms with van der Waals surface area (Å²) in [5, 5.41) is 22.5. The monoisotopic (exact) mass is 335 g/mol. The maximum Gasteiger partial charge on any atom is 0.266 e. The average molecular weight is 335 g/mol. The van der Waals surface area contributed by atoms with Gasteiger partial charge >= 0.3 is 0 Å². The van der Waals surface area contributed by atoms with Crippen molar-refractivity contribution in [1.29, 1.82) is 5.26 Å². The normalized spacial score (nSPS) is 19.1. The highest BCUT2D eigenvalue weighted by Crippen LogP contribution is 2.47. The quantitative estimate of drug-likeness (QED) is 0.666. The molecule has 25 heavy (non-hydrogen) atoms. The fourth-order valence-electron chi connectivity index (χ4n) is 2.54. The molecular formula is C19H15N2O4-. The first kappa shape index (κ1) is 16.5. The Balaban J connectivity index is 1.71. The molecule has 1 heterocycles. The van der Waals surface area contributed by atoms with Crippen LogP contribution in [0.2, 0.25) is 0 Å². The number of amides is 1. The number of aromatic carboxylic acids is 1. The Morgan fingerprint density at radius 2 is 1.96 bits per heavy atom. The first-order valence-corrected chi connectivity index (χ1v) is 7.82. The number of carbonyl (C=O) groups is 2. The number of anilines is 1. The Labute approximate surface area is 144 Å². The molecule has 126 valence electrons. The predicted octanol–water partition coefficient (Wildman–Crippen LogP) is 2.31. The van der Waals surface area contributed by atoms with Crippen molar-refractivity contribution in [1.82, 2.24) is 0 Å². The van der Waals surface area contributed by atoms with E-state index in [4.69, 9.17) is 4.42 Å². The summed E-state index contributed by atoms with van der Waals surface area (Å²) in [5.41, 5.74) is 0.281. The van der Waals surface area contributed by atoms with Crippen LogP contribution in [0, 0.1) is 17.2 Å². The highest BCUT2D eigenvalue weighted by Gasteiger charge is 2.36. The van der Waals surface area contributed by atoms with E-state index in [0.29, 0.717) is 23.3 Å². The van der Waals surface area contributed by atoms with Crippen LogP contribution >= 0.6 is 0 Å². The Morgan fingerprint density at radius 3 is 2.52 bits per heavy atom. The molecule has 1 N–H and O–H groups in total. The van der Waals surface area contributed by atoms with E-state index in [1.54, 1.807) is 6.07 Å². The third-order valence-electron chi connectivity index (χ3n) is 4.15. The van der Waals surface area contributed by atoms with Gasteiger partial charge in [-0.2, -0.15) is 5.26 Å². The molecule has 1 aromatic heterocycles. The number of benzene rings is 1. The van der Waals surface area contributed by atoms with Crippen molar-refractivity contribution in [2.75, 3.05) is 5.32 Å². The number of rotatable bonds is 5. The Bertz CT molecular complexity index is 887. The number of hydrogen-bond donors (Lipinski definition) is 1. The third kappa shape index (κ3) is 3.78. The summed E-state index contributed by atoms with van der Waals surface area (Å²) in [6.07, 6.45) is 2.48. The van der Waals surface area contributed by atoms with Gasteiger partial charge in [-0.1, -0.05) is 19.1 Å². The lowest BCUT2D eigenvalue weighted by Crippen LogP contribution is -2.22. The van der Waals surface area contributed by atoms with Crippen molar-refractivity contribution in [2.24, 2.45) is 5.92 Å². The summed E-state index contributed by atoms with van der Waals surface area (Å²) < 4.78 is 5.67. The van der Waals surface area contributed by atoms with Gasteiger partial charge in [-0.05, 0) is 42.2 Å². The minimum Gasteiger partial charge on any atom is -0.545 e. The maximum absolute atomic E-state index is 12.2. The number of carbonyl (C=O) groups excluding carboxylic acids is 2. The smallest absolute Gasteiger partial charge is 0.266 e. The molecule has 6 nitrogen and oxygen atoms in total. The van der Waals surface area contributed by atoms with Gasteiger partial charge in [0.1, 0.15) is 23.2 Å². The number of furan rings is 1. The predicted molar refractivity (Wildman–Crippen MR) is 88.2 cm³/mol. The van der Waals surface area contributed by atoms with Crippen molar-refractivity contribution < 1.29 is 19.1 Å².